The third-order valence-corrected chi connectivity index (χ3v) is 4.22. The summed E-state index contributed by atoms with van der Waals surface area (Å²) in [4.78, 5) is 11.6. The van der Waals surface area contributed by atoms with Crippen LogP contribution in [0.2, 0.25) is 0 Å². The molecule has 26 heavy (non-hydrogen) atoms. The van der Waals surface area contributed by atoms with Crippen molar-refractivity contribution >= 4 is 5.97 Å². The Morgan fingerprint density at radius 1 is 1.19 bits per heavy atom. The highest BCUT2D eigenvalue weighted by Gasteiger charge is 2.87. The number of aliphatic hydroxyl groups is 1. The minimum absolute atomic E-state index is 0.130. The first kappa shape index (κ1) is 22.8. The van der Waals surface area contributed by atoms with E-state index in [9.17, 15) is 49.4 Å². The van der Waals surface area contributed by atoms with Gasteiger partial charge in [0.15, 0.2) is 0 Å². The van der Waals surface area contributed by atoms with Gasteiger partial charge < -0.3 is 14.6 Å². The Kier molecular flexibility index (Phi) is 5.64. The van der Waals surface area contributed by atoms with E-state index in [1.807, 2.05) is 0 Å². The maximum Gasteiger partial charge on any atom is 0.423 e. The van der Waals surface area contributed by atoms with Crippen LogP contribution in [-0.2, 0) is 14.3 Å². The molecule has 4 unspecified atom stereocenters. The molecule has 0 aromatic rings. The lowest BCUT2D eigenvalue weighted by atomic mass is 9.82. The minimum atomic E-state index is -6.18. The molecule has 0 bridgehead atoms. The normalized spacial score (nSPS) is 35.2. The van der Waals surface area contributed by atoms with Gasteiger partial charge in [-0.3, -0.25) is 4.79 Å². The lowest BCUT2D eigenvalue weighted by molar-refractivity contribution is -0.508. The van der Waals surface area contributed by atoms with Crippen molar-refractivity contribution < 1.29 is 58.9 Å². The molecule has 1 rings (SSSR count). The number of rotatable bonds is 4. The predicted octanol–water partition coefficient (Wildman–Crippen LogP) is 3.52. The summed E-state index contributed by atoms with van der Waals surface area (Å²) in [6, 6.07) is 0. The van der Waals surface area contributed by atoms with Gasteiger partial charge in [0.25, 0.3) is 12.2 Å². The van der Waals surface area contributed by atoms with Crippen molar-refractivity contribution in [2.75, 3.05) is 0 Å². The first-order chi connectivity index (χ1) is 11.4. The molecule has 1 heterocycles. The highest BCUT2D eigenvalue weighted by Crippen LogP contribution is 2.59. The van der Waals surface area contributed by atoms with E-state index in [-0.39, 0.29) is 6.42 Å². The topological polar surface area (TPSA) is 55.8 Å². The van der Waals surface area contributed by atoms with Crippen molar-refractivity contribution in [3.63, 3.8) is 0 Å². The fourth-order valence-corrected chi connectivity index (χ4v) is 2.10. The van der Waals surface area contributed by atoms with E-state index in [0.29, 0.717) is 0 Å². The first-order valence-corrected chi connectivity index (χ1v) is 7.13. The third kappa shape index (κ3) is 3.02. The lowest BCUT2D eigenvalue weighted by Gasteiger charge is -2.53. The van der Waals surface area contributed by atoms with Crippen molar-refractivity contribution in [3.05, 3.63) is 0 Å². The van der Waals surface area contributed by atoms with Crippen molar-refractivity contribution in [1.82, 2.24) is 0 Å². The highest BCUT2D eigenvalue weighted by atomic mass is 19.4. The number of hydrogen-bond acceptors (Lipinski definition) is 4. The number of halogens is 9. The average Bonchev–Trinajstić information content (AvgIpc) is 2.47. The molecule has 0 amide bonds. The van der Waals surface area contributed by atoms with Crippen LogP contribution < -0.4 is 0 Å². The second-order valence-corrected chi connectivity index (χ2v) is 6.00. The minimum Gasteiger partial charge on any atom is -0.449 e. The molecule has 13 heteroatoms. The van der Waals surface area contributed by atoms with Crippen LogP contribution in [0.25, 0.3) is 0 Å². The quantitative estimate of drug-likeness (QED) is 0.574. The largest absolute Gasteiger partial charge is 0.449 e. The van der Waals surface area contributed by atoms with Gasteiger partial charge in [0.05, 0.1) is 5.92 Å². The zero-order chi connectivity index (χ0) is 20.9. The zero-order valence-corrected chi connectivity index (χ0v) is 13.5. The standard InChI is InChI=1S/C13H15F9O4/c1-4-5(2)6(23)25-7-10(16,17)9(3,13(20,21)22)26-12(24,8(14)15)11(7,18)19/h5,7-8,24H,4H2,1-3H3. The fraction of sp³-hybridized carbons (Fsp3) is 0.923. The van der Waals surface area contributed by atoms with Crippen LogP contribution in [0.15, 0.2) is 0 Å². The summed E-state index contributed by atoms with van der Waals surface area (Å²) >= 11 is 0. The maximum atomic E-state index is 14.3. The first-order valence-electron chi connectivity index (χ1n) is 7.13. The third-order valence-electron chi connectivity index (χ3n) is 4.22. The zero-order valence-electron chi connectivity index (χ0n) is 13.5. The molecule has 1 aliphatic heterocycles. The second-order valence-electron chi connectivity index (χ2n) is 6.00. The molecule has 4 nitrogen and oxygen atoms in total. The van der Waals surface area contributed by atoms with E-state index in [1.54, 1.807) is 0 Å². The van der Waals surface area contributed by atoms with Crippen LogP contribution in [0.3, 0.4) is 0 Å². The molecule has 1 saturated heterocycles. The van der Waals surface area contributed by atoms with Gasteiger partial charge in [0.2, 0.25) is 11.7 Å². The monoisotopic (exact) mass is 406 g/mol. The van der Waals surface area contributed by atoms with Gasteiger partial charge in [-0.15, -0.1) is 0 Å². The van der Waals surface area contributed by atoms with Crippen LogP contribution >= 0.6 is 0 Å². The fourth-order valence-electron chi connectivity index (χ4n) is 2.10. The summed E-state index contributed by atoms with van der Waals surface area (Å²) < 4.78 is 129. The predicted molar refractivity (Wildman–Crippen MR) is 65.7 cm³/mol. The summed E-state index contributed by atoms with van der Waals surface area (Å²) in [5.74, 6) is -19.8. The summed E-state index contributed by atoms with van der Waals surface area (Å²) in [5.41, 5.74) is -4.99. The number of carbonyl (C=O) groups is 1. The summed E-state index contributed by atoms with van der Waals surface area (Å²) in [7, 11) is 0. The number of hydrogen-bond donors (Lipinski definition) is 1. The molecule has 0 aliphatic carbocycles. The Balaban J connectivity index is 3.62. The van der Waals surface area contributed by atoms with Gasteiger partial charge in [0.1, 0.15) is 0 Å². The van der Waals surface area contributed by atoms with Crippen LogP contribution in [0, 0.1) is 5.92 Å². The molecule has 4 atom stereocenters. The second kappa shape index (κ2) is 6.43. The molecule has 0 aromatic carbocycles. The molecular weight excluding hydrogens is 391 g/mol. The Hall–Kier alpha value is -1.24. The van der Waals surface area contributed by atoms with E-state index in [4.69, 9.17) is 0 Å². The Morgan fingerprint density at radius 2 is 1.65 bits per heavy atom. The Bertz CT molecular complexity index is 550. The van der Waals surface area contributed by atoms with Gasteiger partial charge in [-0.25, -0.2) is 8.78 Å². The van der Waals surface area contributed by atoms with E-state index < -0.39 is 60.7 Å². The van der Waals surface area contributed by atoms with Crippen molar-refractivity contribution in [3.8, 4) is 0 Å². The molecule has 1 aliphatic rings. The van der Waals surface area contributed by atoms with Gasteiger partial charge in [-0.2, -0.15) is 30.7 Å². The van der Waals surface area contributed by atoms with Crippen molar-refractivity contribution in [1.29, 1.82) is 0 Å². The van der Waals surface area contributed by atoms with E-state index >= 15 is 0 Å². The van der Waals surface area contributed by atoms with Gasteiger partial charge >= 0.3 is 24.0 Å². The molecule has 1 N–H and O–H groups in total. The molecular formula is C13H15F9O4. The van der Waals surface area contributed by atoms with Crippen molar-refractivity contribution in [2.24, 2.45) is 5.92 Å². The van der Waals surface area contributed by atoms with Gasteiger partial charge in [0, 0.05) is 0 Å². The van der Waals surface area contributed by atoms with Gasteiger partial charge in [-0.05, 0) is 13.3 Å². The lowest BCUT2D eigenvalue weighted by Crippen LogP contribution is -2.81. The number of carbonyl (C=O) groups excluding carboxylic acids is 1. The average molecular weight is 406 g/mol. The van der Waals surface area contributed by atoms with Gasteiger partial charge in [-0.1, -0.05) is 13.8 Å². The van der Waals surface area contributed by atoms with Crippen molar-refractivity contribution in [2.45, 2.75) is 69.1 Å². The smallest absolute Gasteiger partial charge is 0.423 e. The Labute approximate surface area is 141 Å². The van der Waals surface area contributed by atoms with E-state index in [2.05, 4.69) is 9.47 Å². The number of esters is 1. The molecule has 0 spiro atoms. The number of ether oxygens (including phenoxy) is 2. The van der Waals surface area contributed by atoms with Crippen LogP contribution in [-0.4, -0.2) is 53.0 Å². The van der Waals surface area contributed by atoms with E-state index in [1.165, 1.54) is 6.92 Å². The molecule has 0 radical (unpaired) electrons. The maximum absolute atomic E-state index is 14.3. The molecule has 0 saturated carbocycles. The SMILES string of the molecule is CCC(C)C(=O)OC1C(F)(F)C(O)(C(F)F)OC(C)(C(F)(F)F)C1(F)F. The molecule has 1 fully saturated rings. The van der Waals surface area contributed by atoms with Crippen LogP contribution in [0.1, 0.15) is 27.2 Å². The highest BCUT2D eigenvalue weighted by molar-refractivity contribution is 5.72. The number of alkyl halides is 9. The molecule has 0 aromatic heterocycles. The van der Waals surface area contributed by atoms with E-state index in [0.717, 1.165) is 6.92 Å². The summed E-state index contributed by atoms with van der Waals surface area (Å²) in [5, 5.41) is 9.34. The van der Waals surface area contributed by atoms with Crippen LogP contribution in [0.5, 0.6) is 0 Å². The molecule has 154 valence electrons. The summed E-state index contributed by atoms with van der Waals surface area (Å²) in [6.45, 7) is 1.83. The Morgan fingerprint density at radius 3 is 2.00 bits per heavy atom. The summed E-state index contributed by atoms with van der Waals surface area (Å²) in [6.07, 6.45) is -15.4. The van der Waals surface area contributed by atoms with Crippen LogP contribution in [0.4, 0.5) is 39.5 Å².